The molecular weight excluding hydrogens is 183 g/mol. The van der Waals surface area contributed by atoms with Gasteiger partial charge in [0.2, 0.25) is 0 Å². The maximum Gasteiger partial charge on any atom is 1.00 e. The van der Waals surface area contributed by atoms with Crippen LogP contribution in [0.15, 0.2) is 0 Å². The number of hydrogen-bond donors (Lipinski definition) is 0. The van der Waals surface area contributed by atoms with Gasteiger partial charge in [-0.2, -0.15) is 0 Å². The van der Waals surface area contributed by atoms with E-state index in [-0.39, 0.29) is 31.0 Å². The van der Waals surface area contributed by atoms with Gasteiger partial charge in [-0.1, -0.05) is 0 Å². The third-order valence-electron chi connectivity index (χ3n) is 0.811. The van der Waals surface area contributed by atoms with Crippen LogP contribution in [0.3, 0.4) is 0 Å². The summed E-state index contributed by atoms with van der Waals surface area (Å²) in [5.41, 5.74) is 0. The quantitative estimate of drug-likeness (QED) is 0.147. The molecule has 0 aliphatic heterocycles. The zero-order valence-corrected chi connectivity index (χ0v) is 8.42. The molecule has 0 aromatic rings. The molecule has 12 heavy (non-hydrogen) atoms. The molecule has 0 spiro atoms. The number of hydrogen-bond acceptors (Lipinski definition) is 6. The number of carbonyl (C=O) groups excluding carboxylic acids is 1. The monoisotopic (exact) mass is 188 g/mol. The maximum absolute atomic E-state index is 10.3. The second-order valence-corrected chi connectivity index (χ2v) is 1.47. The average molecular weight is 188 g/mol. The molecule has 0 amide bonds. The molecule has 64 valence electrons. The minimum absolute atomic E-state index is 0. The Balaban J connectivity index is -0.000000500. The Hall–Kier alpha value is -0.730. The summed E-state index contributed by atoms with van der Waals surface area (Å²) < 4.78 is 3.81. The Morgan fingerprint density at radius 2 is 1.75 bits per heavy atom. The van der Waals surface area contributed by atoms with Gasteiger partial charge in [-0.15, -0.1) is 0 Å². The molecule has 0 fully saturated rings. The number of carbonyl (C=O) groups is 1. The Labute approximate surface area is 89.9 Å². The van der Waals surface area contributed by atoms with Crippen LogP contribution in [0.5, 0.6) is 0 Å². The van der Waals surface area contributed by atoms with Crippen LogP contribution in [0, 0.1) is 20.2 Å². The van der Waals surface area contributed by atoms with Gasteiger partial charge in [-0.3, -0.25) is 20.2 Å². The van der Waals surface area contributed by atoms with Gasteiger partial charge in [-0.05, 0) is 0 Å². The van der Waals surface area contributed by atoms with Gasteiger partial charge < -0.3 is 6.16 Å². The van der Waals surface area contributed by atoms with Gasteiger partial charge >= 0.3 is 41.7 Å². The summed E-state index contributed by atoms with van der Waals surface area (Å²) in [4.78, 5) is 27.2. The molecule has 9 heteroatoms. The number of nitro groups is 2. The topological polar surface area (TPSA) is 113 Å². The van der Waals surface area contributed by atoms with E-state index in [2.05, 4.69) is 4.74 Å². The van der Waals surface area contributed by atoms with E-state index in [1.807, 2.05) is 0 Å². The van der Waals surface area contributed by atoms with Gasteiger partial charge in [0.05, 0.1) is 7.11 Å². The van der Waals surface area contributed by atoms with E-state index in [1.165, 1.54) is 0 Å². The molecule has 8 nitrogen and oxygen atoms in total. The first-order chi connectivity index (χ1) is 5.00. The van der Waals surface area contributed by atoms with Crippen LogP contribution in [-0.2, 0) is 9.53 Å². The minimum Gasteiger partial charge on any atom is -1.00 e. The Bertz CT molecular complexity index is 196. The Morgan fingerprint density at radius 1 is 1.42 bits per heavy atom. The van der Waals surface area contributed by atoms with Crippen molar-refractivity contribution in [1.29, 1.82) is 0 Å². The molecular formula is C3H5N2NaO6. The van der Waals surface area contributed by atoms with Crippen molar-refractivity contribution in [2.45, 2.75) is 6.17 Å². The fourth-order valence-electron chi connectivity index (χ4n) is 0.355. The van der Waals surface area contributed by atoms with E-state index in [4.69, 9.17) is 0 Å². The largest absolute Gasteiger partial charge is 1.00 e. The summed E-state index contributed by atoms with van der Waals surface area (Å²) in [5.74, 6) is -1.49. The molecule has 0 radical (unpaired) electrons. The first kappa shape index (κ1) is 13.8. The molecule has 0 bridgehead atoms. The number of methoxy groups -OCH3 is 1. The summed E-state index contributed by atoms with van der Waals surface area (Å²) in [6.07, 6.45) is -2.51. The number of esters is 1. The fourth-order valence-corrected chi connectivity index (χ4v) is 0.355. The molecule has 0 saturated carbocycles. The molecule has 0 saturated heterocycles. The van der Waals surface area contributed by atoms with Crippen molar-refractivity contribution in [3.8, 4) is 0 Å². The normalized spacial score (nSPS) is 8.50. The van der Waals surface area contributed by atoms with Crippen molar-refractivity contribution < 1.29 is 50.4 Å². The second kappa shape index (κ2) is 5.86. The van der Waals surface area contributed by atoms with E-state index in [0.29, 0.717) is 0 Å². The Kier molecular flexibility index (Phi) is 6.76. The molecule has 0 aromatic heterocycles. The van der Waals surface area contributed by atoms with Crippen molar-refractivity contribution in [2.24, 2.45) is 0 Å². The summed E-state index contributed by atoms with van der Waals surface area (Å²) in [7, 11) is 0.836. The van der Waals surface area contributed by atoms with Crippen LogP contribution in [-0.4, -0.2) is 29.1 Å². The van der Waals surface area contributed by atoms with Crippen LogP contribution >= 0.6 is 0 Å². The molecule has 0 heterocycles. The SMILES string of the molecule is COC(=O)C([N+](=O)[O-])[N+](=O)[O-].[H-].[Na+]. The summed E-state index contributed by atoms with van der Waals surface area (Å²) >= 11 is 0. The van der Waals surface area contributed by atoms with Gasteiger partial charge in [0.1, 0.15) is 9.85 Å². The molecule has 0 atom stereocenters. The van der Waals surface area contributed by atoms with E-state index >= 15 is 0 Å². The van der Waals surface area contributed by atoms with Crippen molar-refractivity contribution in [3.05, 3.63) is 20.2 Å². The molecule has 0 rings (SSSR count). The van der Waals surface area contributed by atoms with E-state index in [9.17, 15) is 25.0 Å². The standard InChI is InChI=1S/C3H4N2O6.Na.H/c1-11-3(6)2(4(7)8)5(9)10;;/h2H,1H3;;/q;+1;-1. The molecule has 0 aliphatic carbocycles. The van der Waals surface area contributed by atoms with Gasteiger partial charge in [-0.25, -0.2) is 4.79 Å². The van der Waals surface area contributed by atoms with Crippen LogP contribution < -0.4 is 29.6 Å². The minimum atomic E-state index is -2.51. The van der Waals surface area contributed by atoms with E-state index in [1.54, 1.807) is 0 Å². The van der Waals surface area contributed by atoms with Crippen molar-refractivity contribution in [1.82, 2.24) is 0 Å². The van der Waals surface area contributed by atoms with E-state index in [0.717, 1.165) is 7.11 Å². The third kappa shape index (κ3) is 3.60. The van der Waals surface area contributed by atoms with Crippen LogP contribution in [0.25, 0.3) is 0 Å². The van der Waals surface area contributed by atoms with Crippen LogP contribution in [0.2, 0.25) is 0 Å². The fraction of sp³-hybridized carbons (Fsp3) is 0.667. The smallest absolute Gasteiger partial charge is 1.00 e. The summed E-state index contributed by atoms with van der Waals surface area (Å²) in [5, 5.41) is 19.6. The van der Waals surface area contributed by atoms with Gasteiger partial charge in [0.25, 0.3) is 0 Å². The second-order valence-electron chi connectivity index (χ2n) is 1.47. The number of ether oxygens (including phenoxy) is 1. The van der Waals surface area contributed by atoms with Crippen molar-refractivity contribution in [3.63, 3.8) is 0 Å². The first-order valence-electron chi connectivity index (χ1n) is 2.35. The maximum atomic E-state index is 10.3. The third-order valence-corrected chi connectivity index (χ3v) is 0.811. The molecule has 0 unspecified atom stereocenters. The number of nitrogens with zero attached hydrogens (tertiary/aromatic N) is 2. The predicted octanol–water partition coefficient (Wildman–Crippen LogP) is -3.84. The molecule has 0 aliphatic rings. The average Bonchev–Trinajstić information content (AvgIpc) is 1.85. The zero-order valence-electron chi connectivity index (χ0n) is 7.42. The Morgan fingerprint density at radius 3 is 1.83 bits per heavy atom. The van der Waals surface area contributed by atoms with Crippen molar-refractivity contribution >= 4 is 5.97 Å². The zero-order chi connectivity index (χ0) is 9.02. The van der Waals surface area contributed by atoms with Gasteiger partial charge in [0, 0.05) is 0 Å². The van der Waals surface area contributed by atoms with Gasteiger partial charge in [0.15, 0.2) is 0 Å². The van der Waals surface area contributed by atoms with Crippen LogP contribution in [0.4, 0.5) is 0 Å². The summed E-state index contributed by atoms with van der Waals surface area (Å²) in [6.45, 7) is 0. The number of rotatable bonds is 3. The van der Waals surface area contributed by atoms with E-state index < -0.39 is 22.0 Å². The first-order valence-corrected chi connectivity index (χ1v) is 2.35. The predicted molar refractivity (Wildman–Crippen MR) is 30.9 cm³/mol. The molecule has 0 aromatic carbocycles. The van der Waals surface area contributed by atoms with Crippen molar-refractivity contribution in [2.75, 3.05) is 7.11 Å². The molecule has 0 N–H and O–H groups in total. The van der Waals surface area contributed by atoms with Crippen LogP contribution in [0.1, 0.15) is 1.43 Å². The summed E-state index contributed by atoms with van der Waals surface area (Å²) in [6, 6.07) is 0.